The van der Waals surface area contributed by atoms with E-state index in [9.17, 15) is 13.2 Å². The van der Waals surface area contributed by atoms with Crippen LogP contribution in [-0.2, 0) is 21.2 Å². The monoisotopic (exact) mass is 361 g/mol. The lowest BCUT2D eigenvalue weighted by Gasteiger charge is -2.34. The maximum absolute atomic E-state index is 11.7. The van der Waals surface area contributed by atoms with E-state index in [1.54, 1.807) is 0 Å². The van der Waals surface area contributed by atoms with Crippen LogP contribution in [0.1, 0.15) is 12.0 Å². The number of halogens is 1. The topological polar surface area (TPSA) is 74.7 Å². The van der Waals surface area contributed by atoms with Gasteiger partial charge in [-0.3, -0.25) is 9.69 Å². The van der Waals surface area contributed by atoms with Crippen molar-refractivity contribution in [2.75, 3.05) is 18.1 Å². The van der Waals surface area contributed by atoms with E-state index >= 15 is 0 Å². The molecule has 1 aromatic rings. The Labute approximate surface area is 126 Å². The van der Waals surface area contributed by atoms with Crippen LogP contribution in [-0.4, -0.2) is 48.5 Å². The summed E-state index contributed by atoms with van der Waals surface area (Å²) in [6.45, 7) is 0.955. The molecular weight excluding hydrogens is 346 g/mol. The van der Waals surface area contributed by atoms with Crippen LogP contribution in [0.3, 0.4) is 0 Å². The summed E-state index contributed by atoms with van der Waals surface area (Å²) >= 11 is 3.36. The summed E-state index contributed by atoms with van der Waals surface area (Å²) in [5.41, 5.74) is 1.04. The molecule has 0 bridgehead atoms. The molecule has 0 spiro atoms. The van der Waals surface area contributed by atoms with Gasteiger partial charge in [-0.2, -0.15) is 0 Å². The normalized spacial score (nSPS) is 22.6. The summed E-state index contributed by atoms with van der Waals surface area (Å²) in [5, 5.41) is 8.93. The van der Waals surface area contributed by atoms with Crippen molar-refractivity contribution in [1.29, 1.82) is 0 Å². The molecule has 1 heterocycles. The Hall–Kier alpha value is -0.920. The molecule has 1 unspecified atom stereocenters. The Balaban J connectivity index is 2.11. The predicted octanol–water partition coefficient (Wildman–Crippen LogP) is 1.52. The maximum Gasteiger partial charge on any atom is 0.304 e. The van der Waals surface area contributed by atoms with Crippen molar-refractivity contribution < 1.29 is 18.3 Å². The van der Waals surface area contributed by atoms with Crippen LogP contribution in [0.5, 0.6) is 0 Å². The predicted molar refractivity (Wildman–Crippen MR) is 79.2 cm³/mol. The van der Waals surface area contributed by atoms with Gasteiger partial charge in [0.2, 0.25) is 0 Å². The van der Waals surface area contributed by atoms with E-state index < -0.39 is 21.8 Å². The number of carbonyl (C=O) groups is 1. The number of nitrogens with zero attached hydrogens (tertiary/aromatic N) is 1. The Morgan fingerprint density at radius 1 is 1.35 bits per heavy atom. The van der Waals surface area contributed by atoms with Gasteiger partial charge in [0.05, 0.1) is 17.9 Å². The third-order valence-electron chi connectivity index (χ3n) is 3.36. The fourth-order valence-corrected chi connectivity index (χ4v) is 4.20. The lowest BCUT2D eigenvalue weighted by molar-refractivity contribution is -0.138. The molecule has 20 heavy (non-hydrogen) atoms. The number of hydrogen-bond donors (Lipinski definition) is 1. The van der Waals surface area contributed by atoms with Gasteiger partial charge in [0.1, 0.15) is 0 Å². The molecule has 5 nitrogen and oxygen atoms in total. The van der Waals surface area contributed by atoms with E-state index in [0.717, 1.165) is 10.0 Å². The average molecular weight is 362 g/mol. The zero-order valence-corrected chi connectivity index (χ0v) is 13.2. The van der Waals surface area contributed by atoms with Crippen LogP contribution in [0, 0.1) is 0 Å². The molecule has 0 aromatic heterocycles. The Morgan fingerprint density at radius 3 is 2.60 bits per heavy atom. The highest BCUT2D eigenvalue weighted by atomic mass is 79.9. The second-order valence-corrected chi connectivity index (χ2v) is 8.11. The van der Waals surface area contributed by atoms with E-state index in [2.05, 4.69) is 15.9 Å². The number of rotatable bonds is 4. The molecule has 1 aromatic carbocycles. The standard InChI is InChI=1S/C13H16BrNO4S/c14-11-3-1-10(2-4-11)8-15-5-6-20(18,19)9-12(15)7-13(16)17/h1-4,12H,5-9H2,(H,16,17). The van der Waals surface area contributed by atoms with Crippen molar-refractivity contribution in [2.45, 2.75) is 19.0 Å². The molecule has 1 N–H and O–H groups in total. The third-order valence-corrected chi connectivity index (χ3v) is 5.59. The van der Waals surface area contributed by atoms with Crippen LogP contribution in [0.4, 0.5) is 0 Å². The Morgan fingerprint density at radius 2 is 2.00 bits per heavy atom. The molecule has 1 aliphatic rings. The zero-order valence-electron chi connectivity index (χ0n) is 10.8. The molecule has 7 heteroatoms. The fourth-order valence-electron chi connectivity index (χ4n) is 2.34. The highest BCUT2D eigenvalue weighted by molar-refractivity contribution is 9.10. The van der Waals surface area contributed by atoms with Crippen LogP contribution < -0.4 is 0 Å². The first kappa shape index (κ1) is 15.5. The minimum atomic E-state index is -3.12. The van der Waals surface area contributed by atoms with Gasteiger partial charge < -0.3 is 5.11 Å². The highest BCUT2D eigenvalue weighted by Gasteiger charge is 2.32. The van der Waals surface area contributed by atoms with Gasteiger partial charge in [-0.1, -0.05) is 28.1 Å². The SMILES string of the molecule is O=C(O)CC1CS(=O)(=O)CCN1Cc1ccc(Br)cc1. The highest BCUT2D eigenvalue weighted by Crippen LogP contribution is 2.19. The van der Waals surface area contributed by atoms with Crippen molar-refractivity contribution in [2.24, 2.45) is 0 Å². The molecule has 110 valence electrons. The van der Waals surface area contributed by atoms with Crippen molar-refractivity contribution in [3.63, 3.8) is 0 Å². The third kappa shape index (κ3) is 4.29. The lowest BCUT2D eigenvalue weighted by Crippen LogP contribution is -2.48. The summed E-state index contributed by atoms with van der Waals surface area (Å²) < 4.78 is 24.3. The molecule has 1 atom stereocenters. The number of hydrogen-bond acceptors (Lipinski definition) is 4. The van der Waals surface area contributed by atoms with Crippen molar-refractivity contribution >= 4 is 31.7 Å². The van der Waals surface area contributed by atoms with E-state index in [0.29, 0.717) is 13.1 Å². The lowest BCUT2D eigenvalue weighted by atomic mass is 10.1. The largest absolute Gasteiger partial charge is 0.481 e. The summed E-state index contributed by atoms with van der Waals surface area (Å²) in [4.78, 5) is 12.8. The minimum Gasteiger partial charge on any atom is -0.481 e. The van der Waals surface area contributed by atoms with Crippen molar-refractivity contribution in [3.05, 3.63) is 34.3 Å². The van der Waals surface area contributed by atoms with Gasteiger partial charge in [-0.05, 0) is 17.7 Å². The van der Waals surface area contributed by atoms with Crippen molar-refractivity contribution in [1.82, 2.24) is 4.90 Å². The molecule has 0 aliphatic carbocycles. The molecule has 1 saturated heterocycles. The van der Waals surface area contributed by atoms with Gasteiger partial charge in [0.15, 0.2) is 9.84 Å². The Kier molecular flexibility index (Phi) is 4.82. The number of benzene rings is 1. The fraction of sp³-hybridized carbons (Fsp3) is 0.462. The average Bonchev–Trinajstić information content (AvgIpc) is 2.34. The van der Waals surface area contributed by atoms with Gasteiger partial charge in [-0.25, -0.2) is 8.42 Å². The van der Waals surface area contributed by atoms with Crippen LogP contribution in [0.2, 0.25) is 0 Å². The maximum atomic E-state index is 11.7. The van der Waals surface area contributed by atoms with E-state index in [1.165, 1.54) is 0 Å². The van der Waals surface area contributed by atoms with Crippen LogP contribution in [0.25, 0.3) is 0 Å². The summed E-state index contributed by atoms with van der Waals surface area (Å²) in [6.07, 6.45) is -0.143. The van der Waals surface area contributed by atoms with Crippen LogP contribution >= 0.6 is 15.9 Å². The van der Waals surface area contributed by atoms with Gasteiger partial charge in [-0.15, -0.1) is 0 Å². The quantitative estimate of drug-likeness (QED) is 0.879. The van der Waals surface area contributed by atoms with Gasteiger partial charge in [0, 0.05) is 23.6 Å². The smallest absolute Gasteiger partial charge is 0.304 e. The van der Waals surface area contributed by atoms with Gasteiger partial charge >= 0.3 is 5.97 Å². The molecule has 0 radical (unpaired) electrons. The first-order valence-corrected chi connectivity index (χ1v) is 8.88. The number of carboxylic acid groups (broad SMARTS) is 1. The van der Waals surface area contributed by atoms with Crippen LogP contribution in [0.15, 0.2) is 28.7 Å². The summed E-state index contributed by atoms with van der Waals surface area (Å²) in [6, 6.07) is 7.29. The first-order valence-electron chi connectivity index (χ1n) is 6.26. The van der Waals surface area contributed by atoms with Gasteiger partial charge in [0.25, 0.3) is 0 Å². The first-order chi connectivity index (χ1) is 9.35. The molecule has 0 saturated carbocycles. The minimum absolute atomic E-state index is 0.0736. The molecule has 0 amide bonds. The Bertz CT molecular complexity index is 585. The van der Waals surface area contributed by atoms with E-state index in [1.807, 2.05) is 29.2 Å². The summed E-state index contributed by atoms with van der Waals surface area (Å²) in [7, 11) is -3.12. The zero-order chi connectivity index (χ0) is 14.8. The molecular formula is C13H16BrNO4S. The van der Waals surface area contributed by atoms with Crippen molar-refractivity contribution in [3.8, 4) is 0 Å². The molecule has 1 fully saturated rings. The second kappa shape index (κ2) is 6.24. The second-order valence-electron chi connectivity index (χ2n) is 4.96. The number of aliphatic carboxylic acids is 1. The number of sulfone groups is 1. The number of carboxylic acids is 1. The molecule has 1 aliphatic heterocycles. The van der Waals surface area contributed by atoms with E-state index in [4.69, 9.17) is 5.11 Å². The van der Waals surface area contributed by atoms with E-state index in [-0.39, 0.29) is 17.9 Å². The summed E-state index contributed by atoms with van der Waals surface area (Å²) in [5.74, 6) is -0.942. The molecule has 2 rings (SSSR count).